The third kappa shape index (κ3) is 5.05. The van der Waals surface area contributed by atoms with E-state index in [4.69, 9.17) is 4.74 Å². The van der Waals surface area contributed by atoms with Gasteiger partial charge >= 0.3 is 0 Å². The summed E-state index contributed by atoms with van der Waals surface area (Å²) >= 11 is 0. The lowest BCUT2D eigenvalue weighted by molar-refractivity contribution is -0.139. The largest absolute Gasteiger partial charge is 0.378 e. The lowest BCUT2D eigenvalue weighted by Crippen LogP contribution is -2.46. The molecule has 0 N–H and O–H groups in total. The van der Waals surface area contributed by atoms with E-state index in [1.54, 1.807) is 0 Å². The van der Waals surface area contributed by atoms with Crippen molar-refractivity contribution in [2.75, 3.05) is 26.3 Å². The molecule has 1 aliphatic rings. The van der Waals surface area contributed by atoms with Crippen molar-refractivity contribution in [2.45, 2.75) is 39.5 Å². The van der Waals surface area contributed by atoms with Crippen LogP contribution in [0.4, 0.5) is 0 Å². The van der Waals surface area contributed by atoms with Gasteiger partial charge in [0.25, 0.3) is 0 Å². The van der Waals surface area contributed by atoms with E-state index in [2.05, 4.69) is 45.6 Å². The Morgan fingerprint density at radius 3 is 2.48 bits per heavy atom. The number of ether oxygens (including phenoxy) is 1. The van der Waals surface area contributed by atoms with E-state index >= 15 is 0 Å². The van der Waals surface area contributed by atoms with Gasteiger partial charge in [-0.25, -0.2) is 0 Å². The summed E-state index contributed by atoms with van der Waals surface area (Å²) < 4.78 is 5.42. The average molecular weight is 341 g/mol. The Labute approximate surface area is 152 Å². The van der Waals surface area contributed by atoms with E-state index in [-0.39, 0.29) is 17.2 Å². The summed E-state index contributed by atoms with van der Waals surface area (Å²) in [5.74, 6) is -0.0241. The van der Waals surface area contributed by atoms with Crippen LogP contribution in [0.25, 0.3) is 0 Å². The highest BCUT2D eigenvalue weighted by molar-refractivity contribution is 5.85. The third-order valence-corrected chi connectivity index (χ3v) is 5.06. The average Bonchev–Trinajstić information content (AvgIpc) is 2.63. The lowest BCUT2D eigenvalue weighted by atomic mass is 9.69. The normalized spacial score (nSPS) is 18.1. The predicted octanol–water partition coefficient (Wildman–Crippen LogP) is 4.57. The van der Waals surface area contributed by atoms with Crippen molar-refractivity contribution in [1.29, 1.82) is 0 Å². The number of hydrogen-bond donors (Lipinski definition) is 0. The SMILES string of the molecule is C=C[C@](C)(CCC=C(C)C)[C@H](C(=O)N1CCOCC1)c1ccccc1. The van der Waals surface area contributed by atoms with E-state index < -0.39 is 0 Å². The van der Waals surface area contributed by atoms with Gasteiger partial charge in [-0.05, 0) is 32.3 Å². The van der Waals surface area contributed by atoms with E-state index in [9.17, 15) is 4.79 Å². The maximum Gasteiger partial charge on any atom is 0.231 e. The second-order valence-corrected chi connectivity index (χ2v) is 7.31. The van der Waals surface area contributed by atoms with Crippen LogP contribution >= 0.6 is 0 Å². The van der Waals surface area contributed by atoms with Crippen LogP contribution in [0.2, 0.25) is 0 Å². The van der Waals surface area contributed by atoms with E-state index in [1.165, 1.54) is 5.57 Å². The van der Waals surface area contributed by atoms with Crippen molar-refractivity contribution in [3.05, 3.63) is 60.2 Å². The minimum atomic E-state index is -0.289. The molecule has 0 saturated carbocycles. The van der Waals surface area contributed by atoms with E-state index in [0.717, 1.165) is 18.4 Å². The van der Waals surface area contributed by atoms with Gasteiger partial charge in [0.15, 0.2) is 0 Å². The fraction of sp³-hybridized carbons (Fsp3) is 0.500. The number of carbonyl (C=O) groups is 1. The minimum Gasteiger partial charge on any atom is -0.378 e. The zero-order valence-corrected chi connectivity index (χ0v) is 15.8. The zero-order valence-electron chi connectivity index (χ0n) is 15.8. The first-order chi connectivity index (χ1) is 12.0. The monoisotopic (exact) mass is 341 g/mol. The van der Waals surface area contributed by atoms with Gasteiger partial charge in [-0.3, -0.25) is 4.79 Å². The molecule has 0 aliphatic carbocycles. The fourth-order valence-electron chi connectivity index (χ4n) is 3.45. The molecule has 0 unspecified atom stereocenters. The molecule has 1 heterocycles. The van der Waals surface area contributed by atoms with Crippen molar-refractivity contribution < 1.29 is 9.53 Å². The van der Waals surface area contributed by atoms with Crippen LogP contribution in [0.3, 0.4) is 0 Å². The summed E-state index contributed by atoms with van der Waals surface area (Å²) in [6.45, 7) is 13.1. The van der Waals surface area contributed by atoms with Gasteiger partial charge < -0.3 is 9.64 Å². The standard InChI is InChI=1S/C22H31NO2/c1-5-22(4,13-9-10-18(2)3)20(19-11-7-6-8-12-19)21(24)23-14-16-25-17-15-23/h5-8,10-12,20H,1,9,13-17H2,2-4H3/t20-,22+/m0/s1. The van der Waals surface area contributed by atoms with Crippen molar-refractivity contribution in [1.82, 2.24) is 4.90 Å². The molecule has 2 rings (SSSR count). The molecule has 25 heavy (non-hydrogen) atoms. The van der Waals surface area contributed by atoms with Crippen LogP contribution in [-0.2, 0) is 9.53 Å². The van der Waals surface area contributed by atoms with Crippen LogP contribution in [0, 0.1) is 5.41 Å². The fourth-order valence-corrected chi connectivity index (χ4v) is 3.45. The van der Waals surface area contributed by atoms with E-state index in [1.807, 2.05) is 29.2 Å². The van der Waals surface area contributed by atoms with Gasteiger partial charge in [0, 0.05) is 18.5 Å². The van der Waals surface area contributed by atoms with Gasteiger partial charge in [0.05, 0.1) is 19.1 Å². The number of carbonyl (C=O) groups excluding carboxylic acids is 1. The van der Waals surface area contributed by atoms with Crippen molar-refractivity contribution >= 4 is 5.91 Å². The molecule has 2 atom stereocenters. The number of allylic oxidation sites excluding steroid dienone is 3. The number of nitrogens with zero attached hydrogens (tertiary/aromatic N) is 1. The lowest BCUT2D eigenvalue weighted by Gasteiger charge is -2.39. The van der Waals surface area contributed by atoms with Crippen molar-refractivity contribution in [3.63, 3.8) is 0 Å². The molecule has 1 aromatic rings. The predicted molar refractivity (Wildman–Crippen MR) is 104 cm³/mol. The number of benzene rings is 1. The molecule has 1 fully saturated rings. The first-order valence-electron chi connectivity index (χ1n) is 9.16. The molecule has 0 aromatic heterocycles. The molecular weight excluding hydrogens is 310 g/mol. The smallest absolute Gasteiger partial charge is 0.231 e. The van der Waals surface area contributed by atoms with E-state index in [0.29, 0.717) is 26.3 Å². The van der Waals surface area contributed by atoms with Crippen LogP contribution in [-0.4, -0.2) is 37.1 Å². The second-order valence-electron chi connectivity index (χ2n) is 7.31. The molecule has 136 valence electrons. The highest BCUT2D eigenvalue weighted by Crippen LogP contribution is 2.42. The molecule has 0 spiro atoms. The Balaban J connectivity index is 2.33. The molecule has 0 bridgehead atoms. The summed E-state index contributed by atoms with van der Waals surface area (Å²) in [6, 6.07) is 10.1. The maximum atomic E-state index is 13.4. The number of amides is 1. The van der Waals surface area contributed by atoms with Crippen LogP contribution in [0.15, 0.2) is 54.6 Å². The quantitative estimate of drug-likeness (QED) is 0.680. The summed E-state index contributed by atoms with van der Waals surface area (Å²) in [5, 5.41) is 0. The summed E-state index contributed by atoms with van der Waals surface area (Å²) in [5.41, 5.74) is 2.09. The molecule has 1 saturated heterocycles. The van der Waals surface area contributed by atoms with Gasteiger partial charge in [-0.1, -0.05) is 55.0 Å². The number of morpholine rings is 1. The van der Waals surface area contributed by atoms with Crippen molar-refractivity contribution in [2.24, 2.45) is 5.41 Å². The summed E-state index contributed by atoms with van der Waals surface area (Å²) in [4.78, 5) is 15.4. The Kier molecular flexibility index (Phi) is 7.01. The third-order valence-electron chi connectivity index (χ3n) is 5.06. The molecule has 0 radical (unpaired) electrons. The first-order valence-corrected chi connectivity index (χ1v) is 9.16. The minimum absolute atomic E-state index is 0.189. The number of rotatable bonds is 7. The van der Waals surface area contributed by atoms with Crippen LogP contribution in [0.1, 0.15) is 45.1 Å². The first kappa shape index (κ1) is 19.5. The van der Waals surface area contributed by atoms with Gasteiger partial charge in [-0.15, -0.1) is 6.58 Å². The van der Waals surface area contributed by atoms with Gasteiger partial charge in [0.2, 0.25) is 5.91 Å². The Morgan fingerprint density at radius 1 is 1.28 bits per heavy atom. The van der Waals surface area contributed by atoms with Gasteiger partial charge in [-0.2, -0.15) is 0 Å². The maximum absolute atomic E-state index is 13.4. The van der Waals surface area contributed by atoms with Crippen LogP contribution in [0.5, 0.6) is 0 Å². The van der Waals surface area contributed by atoms with Crippen LogP contribution < -0.4 is 0 Å². The molecule has 1 aromatic carbocycles. The molecule has 3 heteroatoms. The Bertz CT molecular complexity index is 598. The molecular formula is C22H31NO2. The molecule has 1 amide bonds. The molecule has 1 aliphatic heterocycles. The highest BCUT2D eigenvalue weighted by Gasteiger charge is 2.39. The second kappa shape index (κ2) is 9.00. The van der Waals surface area contributed by atoms with Crippen molar-refractivity contribution in [3.8, 4) is 0 Å². The highest BCUT2D eigenvalue weighted by atomic mass is 16.5. The topological polar surface area (TPSA) is 29.5 Å². The molecule has 3 nitrogen and oxygen atoms in total. The Hall–Kier alpha value is -1.87. The zero-order chi connectivity index (χ0) is 18.3. The summed E-state index contributed by atoms with van der Waals surface area (Å²) in [7, 11) is 0. The number of hydrogen-bond acceptors (Lipinski definition) is 2. The van der Waals surface area contributed by atoms with Gasteiger partial charge in [0.1, 0.15) is 0 Å². The Morgan fingerprint density at radius 2 is 1.92 bits per heavy atom. The summed E-state index contributed by atoms with van der Waals surface area (Å²) in [6.07, 6.45) is 6.06.